The van der Waals surface area contributed by atoms with Gasteiger partial charge >= 0.3 is 11.9 Å². The summed E-state index contributed by atoms with van der Waals surface area (Å²) < 4.78 is 9.47. The summed E-state index contributed by atoms with van der Waals surface area (Å²) >= 11 is 0. The quantitative estimate of drug-likeness (QED) is 0.216. The van der Waals surface area contributed by atoms with E-state index in [1.165, 1.54) is 35.8 Å². The first-order chi connectivity index (χ1) is 14.1. The fourth-order valence-electron chi connectivity index (χ4n) is 2.58. The molecular formula is C20H36N2O6S2. The Hall–Kier alpha value is -1.42. The van der Waals surface area contributed by atoms with Gasteiger partial charge in [-0.2, -0.15) is 0 Å². The molecule has 0 rings (SSSR count). The van der Waals surface area contributed by atoms with Crippen molar-refractivity contribution >= 4 is 45.3 Å². The van der Waals surface area contributed by atoms with Crippen molar-refractivity contribution in [3.05, 3.63) is 0 Å². The lowest BCUT2D eigenvalue weighted by Crippen LogP contribution is -2.42. The molecule has 0 aromatic rings. The SMILES string of the molecule is COC(=O)[C@H](CC(C)C)NC(=O)CCSSCCC(=O)N[C@@H](CC(C)C)C(=O)OC. The molecule has 0 unspecified atom stereocenters. The summed E-state index contributed by atoms with van der Waals surface area (Å²) in [5, 5.41) is 5.43. The first-order valence-corrected chi connectivity index (χ1v) is 12.6. The van der Waals surface area contributed by atoms with E-state index in [-0.39, 0.29) is 36.5 Å². The van der Waals surface area contributed by atoms with E-state index in [1.807, 2.05) is 27.7 Å². The van der Waals surface area contributed by atoms with E-state index in [4.69, 9.17) is 9.47 Å². The summed E-state index contributed by atoms with van der Waals surface area (Å²) in [7, 11) is 5.59. The van der Waals surface area contributed by atoms with E-state index in [0.29, 0.717) is 24.3 Å². The third kappa shape index (κ3) is 13.7. The van der Waals surface area contributed by atoms with Crippen LogP contribution in [0.5, 0.6) is 0 Å². The number of methoxy groups -OCH3 is 2. The maximum atomic E-state index is 12.0. The molecule has 2 atom stereocenters. The second-order valence-corrected chi connectivity index (χ2v) is 10.4. The number of carbonyl (C=O) groups excluding carboxylic acids is 4. The van der Waals surface area contributed by atoms with Gasteiger partial charge in [-0.3, -0.25) is 9.59 Å². The van der Waals surface area contributed by atoms with Gasteiger partial charge in [0.25, 0.3) is 0 Å². The Morgan fingerprint density at radius 2 is 1.03 bits per heavy atom. The monoisotopic (exact) mass is 464 g/mol. The van der Waals surface area contributed by atoms with E-state index in [2.05, 4.69) is 10.6 Å². The van der Waals surface area contributed by atoms with Crippen molar-refractivity contribution in [2.75, 3.05) is 25.7 Å². The van der Waals surface area contributed by atoms with Gasteiger partial charge in [-0.25, -0.2) is 9.59 Å². The molecule has 0 heterocycles. The Labute approximate surface area is 187 Å². The highest BCUT2D eigenvalue weighted by atomic mass is 33.1. The molecule has 8 nitrogen and oxygen atoms in total. The predicted octanol–water partition coefficient (Wildman–Crippen LogP) is 2.56. The molecule has 2 amide bonds. The van der Waals surface area contributed by atoms with E-state index < -0.39 is 24.0 Å². The highest BCUT2D eigenvalue weighted by Crippen LogP contribution is 2.22. The molecular weight excluding hydrogens is 428 g/mol. The van der Waals surface area contributed by atoms with Crippen LogP contribution in [0.1, 0.15) is 53.4 Å². The topological polar surface area (TPSA) is 111 Å². The molecule has 2 N–H and O–H groups in total. The average Bonchev–Trinajstić information content (AvgIpc) is 2.67. The van der Waals surface area contributed by atoms with Crippen LogP contribution in [0.15, 0.2) is 0 Å². The number of amides is 2. The number of hydrogen-bond donors (Lipinski definition) is 2. The summed E-state index contributed by atoms with van der Waals surface area (Å²) in [4.78, 5) is 47.6. The molecule has 0 saturated heterocycles. The van der Waals surface area contributed by atoms with Gasteiger partial charge in [0.1, 0.15) is 12.1 Å². The van der Waals surface area contributed by atoms with Crippen LogP contribution in [-0.4, -0.2) is 61.6 Å². The van der Waals surface area contributed by atoms with E-state index in [0.717, 1.165) is 0 Å². The van der Waals surface area contributed by atoms with Crippen LogP contribution in [0.3, 0.4) is 0 Å². The minimum Gasteiger partial charge on any atom is -0.467 e. The third-order valence-electron chi connectivity index (χ3n) is 3.96. The first-order valence-electron chi connectivity index (χ1n) is 10.1. The lowest BCUT2D eigenvalue weighted by Gasteiger charge is -2.18. The highest BCUT2D eigenvalue weighted by Gasteiger charge is 2.23. The maximum Gasteiger partial charge on any atom is 0.328 e. The lowest BCUT2D eigenvalue weighted by molar-refractivity contribution is -0.145. The fourth-order valence-corrected chi connectivity index (χ4v) is 4.56. The molecule has 0 aromatic heterocycles. The normalized spacial score (nSPS) is 12.9. The van der Waals surface area contributed by atoms with E-state index in [1.54, 1.807) is 0 Å². The smallest absolute Gasteiger partial charge is 0.328 e. The van der Waals surface area contributed by atoms with Crippen LogP contribution < -0.4 is 10.6 Å². The van der Waals surface area contributed by atoms with E-state index >= 15 is 0 Å². The molecule has 0 aliphatic heterocycles. The summed E-state index contributed by atoms with van der Waals surface area (Å²) in [6.45, 7) is 7.89. The standard InChI is InChI=1S/C20H36N2O6S2/c1-13(2)11-15(19(25)27-5)21-17(23)7-9-29-30-10-8-18(24)22-16(12-14(3)4)20(26)28-6/h13-16H,7-12H2,1-6H3,(H,21,23)(H,22,24)/t15-,16-/m0/s1. The van der Waals surface area contributed by atoms with Crippen molar-refractivity contribution in [2.24, 2.45) is 11.8 Å². The molecule has 0 radical (unpaired) electrons. The molecule has 10 heteroatoms. The Kier molecular flexibility index (Phi) is 15.5. The van der Waals surface area contributed by atoms with Gasteiger partial charge in [0.05, 0.1) is 14.2 Å². The lowest BCUT2D eigenvalue weighted by atomic mass is 10.0. The molecule has 0 fully saturated rings. The minimum atomic E-state index is -0.627. The maximum absolute atomic E-state index is 12.0. The largest absolute Gasteiger partial charge is 0.467 e. The van der Waals surface area contributed by atoms with Crippen LogP contribution in [0.2, 0.25) is 0 Å². The summed E-state index contributed by atoms with van der Waals surface area (Å²) in [6.07, 6.45) is 1.60. The Morgan fingerprint density at radius 3 is 1.30 bits per heavy atom. The van der Waals surface area contributed by atoms with Gasteiger partial charge < -0.3 is 20.1 Å². The number of carbonyl (C=O) groups is 4. The zero-order valence-corrected chi connectivity index (χ0v) is 20.5. The van der Waals surface area contributed by atoms with Crippen LogP contribution in [0.25, 0.3) is 0 Å². The van der Waals surface area contributed by atoms with Crippen molar-refractivity contribution in [1.29, 1.82) is 0 Å². The zero-order valence-electron chi connectivity index (χ0n) is 18.8. The Bertz CT molecular complexity index is 509. The number of rotatable bonds is 15. The van der Waals surface area contributed by atoms with Gasteiger partial charge in [0, 0.05) is 24.3 Å². The summed E-state index contributed by atoms with van der Waals surface area (Å²) in [5.74, 6) is 0.353. The third-order valence-corrected chi connectivity index (χ3v) is 6.37. The molecule has 174 valence electrons. The predicted molar refractivity (Wildman–Crippen MR) is 121 cm³/mol. The van der Waals surface area contributed by atoms with Gasteiger partial charge in [-0.15, -0.1) is 0 Å². The van der Waals surface area contributed by atoms with E-state index in [9.17, 15) is 19.2 Å². The Morgan fingerprint density at radius 1 is 0.700 bits per heavy atom. The molecule has 0 aliphatic rings. The van der Waals surface area contributed by atoms with Crippen molar-refractivity contribution in [2.45, 2.75) is 65.5 Å². The van der Waals surface area contributed by atoms with Gasteiger partial charge in [-0.1, -0.05) is 49.3 Å². The van der Waals surface area contributed by atoms with Crippen molar-refractivity contribution < 1.29 is 28.7 Å². The van der Waals surface area contributed by atoms with Gasteiger partial charge in [-0.05, 0) is 24.7 Å². The number of ether oxygens (including phenoxy) is 2. The molecule has 0 aliphatic carbocycles. The molecule has 0 bridgehead atoms. The second-order valence-electron chi connectivity index (χ2n) is 7.69. The number of hydrogen-bond acceptors (Lipinski definition) is 8. The van der Waals surface area contributed by atoms with Crippen molar-refractivity contribution in [3.8, 4) is 0 Å². The molecule has 0 spiro atoms. The Balaban J connectivity index is 4.11. The minimum absolute atomic E-state index is 0.202. The van der Waals surface area contributed by atoms with Crippen molar-refractivity contribution in [3.63, 3.8) is 0 Å². The number of esters is 2. The zero-order chi connectivity index (χ0) is 23.1. The van der Waals surface area contributed by atoms with Crippen molar-refractivity contribution in [1.82, 2.24) is 10.6 Å². The molecule has 0 saturated carbocycles. The highest BCUT2D eigenvalue weighted by molar-refractivity contribution is 8.76. The van der Waals surface area contributed by atoms with Gasteiger partial charge in [0.2, 0.25) is 11.8 Å². The van der Waals surface area contributed by atoms with Crippen LogP contribution >= 0.6 is 21.6 Å². The fraction of sp³-hybridized carbons (Fsp3) is 0.800. The van der Waals surface area contributed by atoms with Gasteiger partial charge in [0.15, 0.2) is 0 Å². The van der Waals surface area contributed by atoms with Crippen LogP contribution in [-0.2, 0) is 28.7 Å². The average molecular weight is 465 g/mol. The number of nitrogens with one attached hydrogen (secondary N) is 2. The summed E-state index contributed by atoms with van der Waals surface area (Å²) in [5.41, 5.74) is 0. The molecule has 0 aromatic carbocycles. The molecule has 30 heavy (non-hydrogen) atoms. The van der Waals surface area contributed by atoms with Crippen LogP contribution in [0, 0.1) is 11.8 Å². The second kappa shape index (κ2) is 16.3. The summed E-state index contributed by atoms with van der Waals surface area (Å²) in [6, 6.07) is -1.25. The van der Waals surface area contributed by atoms with Crippen LogP contribution in [0.4, 0.5) is 0 Å². The first kappa shape index (κ1) is 28.6.